The normalized spacial score (nSPS) is 23.6. The molecule has 1 spiro atoms. The average molecular weight is 527 g/mol. The molecule has 2 amide bonds. The van der Waals surface area contributed by atoms with E-state index in [1.807, 2.05) is 50.3 Å². The van der Waals surface area contributed by atoms with Gasteiger partial charge in [0.25, 0.3) is 5.91 Å². The molecule has 3 aromatic rings. The fraction of sp³-hybridized carbons (Fsp3) is 0.290. The summed E-state index contributed by atoms with van der Waals surface area (Å²) in [6, 6.07) is 13.2. The summed E-state index contributed by atoms with van der Waals surface area (Å²) < 4.78 is 28.2. The number of carbonyl (C=O) groups is 2. The second-order valence-corrected chi connectivity index (χ2v) is 11.0. The Labute approximate surface area is 225 Å². The van der Waals surface area contributed by atoms with Gasteiger partial charge in [-0.15, -0.1) is 0 Å². The van der Waals surface area contributed by atoms with Crippen molar-refractivity contribution >= 4 is 29.4 Å². The van der Waals surface area contributed by atoms with Crippen molar-refractivity contribution < 1.29 is 18.4 Å². The number of fused-ring (bicyclic) bond motifs is 3. The molecule has 39 heavy (non-hydrogen) atoms. The molecular formula is C31H28F2N4O2. The lowest BCUT2D eigenvalue weighted by Gasteiger charge is -2.33. The SMILES string of the molecule is CC(C)C1=N[C@](C)(c2cc(F)cc(F)c2)N(C/C=C/c2ccc3c(c2)CC2(C3)C(=O)Nc3ncccc32)C1=O. The summed E-state index contributed by atoms with van der Waals surface area (Å²) in [6.45, 7) is 5.66. The zero-order valence-corrected chi connectivity index (χ0v) is 22.0. The van der Waals surface area contributed by atoms with Crippen molar-refractivity contribution in [3.8, 4) is 0 Å². The Bertz CT molecular complexity index is 1580. The van der Waals surface area contributed by atoms with Crippen LogP contribution in [0, 0.1) is 17.6 Å². The molecule has 2 aromatic carbocycles. The number of nitrogens with one attached hydrogen (secondary N) is 1. The van der Waals surface area contributed by atoms with Crippen LogP contribution >= 0.6 is 0 Å². The molecular weight excluding hydrogens is 498 g/mol. The van der Waals surface area contributed by atoms with Crippen molar-refractivity contribution in [1.82, 2.24) is 9.88 Å². The summed E-state index contributed by atoms with van der Waals surface area (Å²) in [5.41, 5.74) is 2.90. The zero-order chi connectivity index (χ0) is 27.5. The van der Waals surface area contributed by atoms with Crippen LogP contribution in [0.5, 0.6) is 0 Å². The fourth-order valence-electron chi connectivity index (χ4n) is 6.05. The molecule has 2 aliphatic heterocycles. The summed E-state index contributed by atoms with van der Waals surface area (Å²) >= 11 is 0. The lowest BCUT2D eigenvalue weighted by atomic mass is 9.79. The first kappa shape index (κ1) is 25.1. The Morgan fingerprint density at radius 1 is 1.05 bits per heavy atom. The van der Waals surface area contributed by atoms with E-state index in [0.717, 1.165) is 28.3 Å². The average Bonchev–Trinajstić information content (AvgIpc) is 3.49. The van der Waals surface area contributed by atoms with Crippen molar-refractivity contribution in [2.24, 2.45) is 10.9 Å². The van der Waals surface area contributed by atoms with E-state index in [-0.39, 0.29) is 29.8 Å². The van der Waals surface area contributed by atoms with E-state index < -0.39 is 22.7 Å². The first-order valence-electron chi connectivity index (χ1n) is 13.0. The second kappa shape index (κ2) is 8.93. The minimum absolute atomic E-state index is 0.0222. The maximum Gasteiger partial charge on any atom is 0.270 e. The number of hydrogen-bond acceptors (Lipinski definition) is 4. The van der Waals surface area contributed by atoms with Gasteiger partial charge in [-0.2, -0.15) is 0 Å². The Morgan fingerprint density at radius 3 is 2.54 bits per heavy atom. The topological polar surface area (TPSA) is 74.7 Å². The maximum absolute atomic E-state index is 14.1. The Hall–Kier alpha value is -4.20. The van der Waals surface area contributed by atoms with Gasteiger partial charge in [0.05, 0.1) is 5.41 Å². The molecule has 6 nitrogen and oxygen atoms in total. The largest absolute Gasteiger partial charge is 0.310 e. The van der Waals surface area contributed by atoms with Gasteiger partial charge in [0.15, 0.2) is 5.66 Å². The molecule has 198 valence electrons. The highest BCUT2D eigenvalue weighted by atomic mass is 19.1. The number of aliphatic imine (C=N–C) groups is 1. The van der Waals surface area contributed by atoms with Crippen LogP contribution in [0.1, 0.15) is 48.6 Å². The molecule has 3 aliphatic rings. The predicted molar refractivity (Wildman–Crippen MR) is 145 cm³/mol. The molecule has 1 unspecified atom stereocenters. The molecule has 0 saturated heterocycles. The molecule has 8 heteroatoms. The number of amides is 2. The zero-order valence-electron chi connectivity index (χ0n) is 22.0. The van der Waals surface area contributed by atoms with Crippen molar-refractivity contribution in [1.29, 1.82) is 0 Å². The third kappa shape index (κ3) is 3.97. The van der Waals surface area contributed by atoms with E-state index in [2.05, 4.69) is 21.4 Å². The number of pyridine rings is 1. The van der Waals surface area contributed by atoms with E-state index in [4.69, 9.17) is 0 Å². The highest BCUT2D eigenvalue weighted by Crippen LogP contribution is 2.46. The summed E-state index contributed by atoms with van der Waals surface area (Å²) in [5.74, 6) is -1.21. The molecule has 1 N–H and O–H groups in total. The van der Waals surface area contributed by atoms with Crippen LogP contribution in [0.3, 0.4) is 0 Å². The Kier molecular flexibility index (Phi) is 5.75. The molecule has 0 bridgehead atoms. The van der Waals surface area contributed by atoms with Gasteiger partial charge in [0.1, 0.15) is 23.2 Å². The Balaban J connectivity index is 1.25. The number of carbonyl (C=O) groups excluding carboxylic acids is 2. The third-order valence-corrected chi connectivity index (χ3v) is 8.09. The van der Waals surface area contributed by atoms with E-state index in [0.29, 0.717) is 24.4 Å². The standard InChI is InChI=1S/C31H28F2N4O2/c1-18(2)26-28(38)37(30(3,36-26)22-13-23(32)15-24(33)14-22)11-5-6-19-8-9-20-16-31(17-21(20)12-19)25-7-4-10-34-27(25)35-29(31)39/h4-10,12-15,18H,11,16-17H2,1-3H3,(H,34,35,39)/b6-5+/t30-,31?/m0/s1. The van der Waals surface area contributed by atoms with Gasteiger partial charge in [-0.3, -0.25) is 14.6 Å². The lowest BCUT2D eigenvalue weighted by molar-refractivity contribution is -0.127. The van der Waals surface area contributed by atoms with Gasteiger partial charge in [-0.1, -0.05) is 50.3 Å². The molecule has 3 heterocycles. The molecule has 2 atom stereocenters. The Morgan fingerprint density at radius 2 is 1.79 bits per heavy atom. The second-order valence-electron chi connectivity index (χ2n) is 11.0. The van der Waals surface area contributed by atoms with E-state index in [9.17, 15) is 18.4 Å². The van der Waals surface area contributed by atoms with Crippen LogP contribution in [0.2, 0.25) is 0 Å². The summed E-state index contributed by atoms with van der Waals surface area (Å²) in [6.07, 6.45) is 6.67. The third-order valence-electron chi connectivity index (χ3n) is 8.09. The highest BCUT2D eigenvalue weighted by Gasteiger charge is 2.51. The van der Waals surface area contributed by atoms with Gasteiger partial charge in [-0.05, 0) is 54.7 Å². The number of benzene rings is 2. The first-order chi connectivity index (χ1) is 18.6. The number of halogens is 2. The van der Waals surface area contributed by atoms with Crippen LogP contribution in [0.25, 0.3) is 6.08 Å². The van der Waals surface area contributed by atoms with Crippen molar-refractivity contribution in [2.75, 3.05) is 11.9 Å². The molecule has 1 aromatic heterocycles. The van der Waals surface area contributed by atoms with E-state index in [1.54, 1.807) is 18.0 Å². The van der Waals surface area contributed by atoms with Crippen LogP contribution in [0.15, 0.2) is 65.8 Å². The highest BCUT2D eigenvalue weighted by molar-refractivity contribution is 6.41. The monoisotopic (exact) mass is 526 g/mol. The maximum atomic E-state index is 14.1. The number of anilines is 1. The predicted octanol–water partition coefficient (Wildman–Crippen LogP) is 5.17. The van der Waals surface area contributed by atoms with Gasteiger partial charge in [0.2, 0.25) is 5.91 Å². The molecule has 1 aliphatic carbocycles. The van der Waals surface area contributed by atoms with Crippen molar-refractivity contribution in [3.05, 3.63) is 100 Å². The molecule has 6 rings (SSSR count). The summed E-state index contributed by atoms with van der Waals surface area (Å²) in [4.78, 5) is 36.8. The molecule has 0 saturated carbocycles. The van der Waals surface area contributed by atoms with Crippen LogP contribution in [-0.4, -0.2) is 34.0 Å². The van der Waals surface area contributed by atoms with Crippen molar-refractivity contribution in [3.63, 3.8) is 0 Å². The number of hydrogen-bond donors (Lipinski definition) is 1. The number of rotatable bonds is 5. The van der Waals surface area contributed by atoms with Gasteiger partial charge in [-0.25, -0.2) is 13.8 Å². The van der Waals surface area contributed by atoms with Gasteiger partial charge < -0.3 is 10.2 Å². The van der Waals surface area contributed by atoms with Crippen LogP contribution in [-0.2, 0) is 33.5 Å². The van der Waals surface area contributed by atoms with Gasteiger partial charge >= 0.3 is 0 Å². The van der Waals surface area contributed by atoms with E-state index >= 15 is 0 Å². The fourth-order valence-corrected chi connectivity index (χ4v) is 6.05. The van der Waals surface area contributed by atoms with Crippen molar-refractivity contribution in [2.45, 2.75) is 44.7 Å². The van der Waals surface area contributed by atoms with Gasteiger partial charge in [0, 0.05) is 35.9 Å². The summed E-state index contributed by atoms with van der Waals surface area (Å²) in [7, 11) is 0. The minimum Gasteiger partial charge on any atom is -0.310 e. The quantitative estimate of drug-likeness (QED) is 0.498. The lowest BCUT2D eigenvalue weighted by Crippen LogP contribution is -2.43. The first-order valence-corrected chi connectivity index (χ1v) is 13.0. The number of nitrogens with zero attached hydrogens (tertiary/aromatic N) is 3. The van der Waals surface area contributed by atoms with E-state index in [1.165, 1.54) is 12.1 Å². The van der Waals surface area contributed by atoms with Crippen LogP contribution in [0.4, 0.5) is 14.6 Å². The molecule has 0 radical (unpaired) electrons. The smallest absolute Gasteiger partial charge is 0.270 e. The molecule has 0 fully saturated rings. The minimum atomic E-state index is -1.23. The number of aromatic nitrogens is 1. The summed E-state index contributed by atoms with van der Waals surface area (Å²) in [5, 5.41) is 2.93. The van der Waals surface area contributed by atoms with Crippen LogP contribution < -0.4 is 5.32 Å².